The van der Waals surface area contributed by atoms with Crippen LogP contribution in [0.2, 0.25) is 0 Å². The molecule has 0 aromatic heterocycles. The molecule has 2 aromatic rings. The normalized spacial score (nSPS) is 9.80. The average molecular weight is 312 g/mol. The van der Waals surface area contributed by atoms with Crippen molar-refractivity contribution in [2.75, 3.05) is 0 Å². The molecule has 0 saturated carbocycles. The van der Waals surface area contributed by atoms with Gasteiger partial charge in [0, 0.05) is 5.56 Å². The van der Waals surface area contributed by atoms with Crippen molar-refractivity contribution in [2.24, 2.45) is 0 Å². The minimum absolute atomic E-state index is 0. The number of nitro benzene ring substituents is 1. The van der Waals surface area contributed by atoms with Gasteiger partial charge in [0.05, 0.1) is 16.6 Å². The molecule has 0 heterocycles. The Labute approximate surface area is 127 Å². The monoisotopic (exact) mass is 311 g/mol. The Morgan fingerprint density at radius 1 is 1.10 bits per heavy atom. The van der Waals surface area contributed by atoms with Gasteiger partial charge in [-0.3, -0.25) is 10.1 Å². The van der Waals surface area contributed by atoms with E-state index in [4.69, 9.17) is 0 Å². The van der Waals surface area contributed by atoms with E-state index in [1.165, 1.54) is 17.7 Å². The average Bonchev–Trinajstić information content (AvgIpc) is 2.41. The number of nitrogens with zero attached hydrogens (tertiary/aromatic N) is 1. The molecule has 2 aromatic carbocycles. The number of phenols is 1. The molecular formula is C14H14ClNO3S. The zero-order valence-electron chi connectivity index (χ0n) is 10.6. The Kier molecular flexibility index (Phi) is 6.35. The Balaban J connectivity index is 0.00000200. The van der Waals surface area contributed by atoms with E-state index in [9.17, 15) is 15.2 Å². The van der Waals surface area contributed by atoms with Gasteiger partial charge in [0.25, 0.3) is 5.69 Å². The van der Waals surface area contributed by atoms with Gasteiger partial charge in [-0.25, -0.2) is 0 Å². The molecule has 0 unspecified atom stereocenters. The van der Waals surface area contributed by atoms with Crippen molar-refractivity contribution in [1.29, 1.82) is 0 Å². The Hall–Kier alpha value is -1.72. The van der Waals surface area contributed by atoms with E-state index >= 15 is 0 Å². The first-order valence-corrected chi connectivity index (χ1v) is 7.07. The summed E-state index contributed by atoms with van der Waals surface area (Å²) in [6.07, 6.45) is 0. The number of thiol groups is 1. The van der Waals surface area contributed by atoms with Crippen molar-refractivity contribution in [3.63, 3.8) is 0 Å². The molecule has 6 heteroatoms. The van der Waals surface area contributed by atoms with E-state index in [2.05, 4.69) is 0 Å². The number of aromatic hydroxyl groups is 1. The lowest BCUT2D eigenvalue weighted by molar-refractivity contribution is -0.385. The van der Waals surface area contributed by atoms with Crippen molar-refractivity contribution in [3.8, 4) is 5.75 Å². The van der Waals surface area contributed by atoms with Crippen LogP contribution in [0.15, 0.2) is 48.5 Å². The minimum Gasteiger partial charge on any atom is -1.00 e. The maximum absolute atomic E-state index is 10.9. The highest BCUT2D eigenvalue weighted by Crippen LogP contribution is 2.24. The third-order valence-corrected chi connectivity index (χ3v) is 3.84. The van der Waals surface area contributed by atoms with Crippen LogP contribution in [0.5, 0.6) is 5.75 Å². The van der Waals surface area contributed by atoms with Gasteiger partial charge in [-0.05, 0) is 23.9 Å². The number of nitro groups is 1. The first-order valence-electron chi connectivity index (χ1n) is 5.80. The first-order chi connectivity index (χ1) is 9.16. The van der Waals surface area contributed by atoms with Crippen molar-refractivity contribution in [2.45, 2.75) is 11.5 Å². The van der Waals surface area contributed by atoms with Gasteiger partial charge in [-0.15, -0.1) is 0 Å². The highest BCUT2D eigenvalue weighted by Gasteiger charge is 2.17. The van der Waals surface area contributed by atoms with Gasteiger partial charge in [0.15, 0.2) is 0 Å². The minimum atomic E-state index is -0.451. The molecular weight excluding hydrogens is 298 g/mol. The summed E-state index contributed by atoms with van der Waals surface area (Å²) in [5, 5.41) is 20.2. The zero-order chi connectivity index (χ0) is 13.7. The molecule has 0 radical (unpaired) electrons. The molecule has 0 aliphatic rings. The van der Waals surface area contributed by atoms with E-state index < -0.39 is 4.92 Å². The summed E-state index contributed by atoms with van der Waals surface area (Å²) in [7, 11) is 0. The van der Waals surface area contributed by atoms with Gasteiger partial charge < -0.3 is 17.5 Å². The smallest absolute Gasteiger partial charge is 0.281 e. The summed E-state index contributed by atoms with van der Waals surface area (Å²) in [5.74, 6) is 1.39. The van der Waals surface area contributed by atoms with E-state index in [0.717, 1.165) is 17.5 Å². The second kappa shape index (κ2) is 7.77. The molecule has 0 fully saturated rings. The second-order valence-electron chi connectivity index (χ2n) is 4.10. The van der Waals surface area contributed by atoms with Crippen LogP contribution in [0.3, 0.4) is 0 Å². The number of halogens is 1. The summed E-state index contributed by atoms with van der Waals surface area (Å²) in [6.45, 7) is 0. The molecule has 106 valence electrons. The van der Waals surface area contributed by atoms with Crippen LogP contribution in [0, 0.1) is 10.1 Å². The van der Waals surface area contributed by atoms with Crippen LogP contribution in [0.25, 0.3) is 0 Å². The van der Waals surface area contributed by atoms with Gasteiger partial charge in [0.2, 0.25) is 0 Å². The molecule has 0 spiro atoms. The highest BCUT2D eigenvalue weighted by molar-refractivity contribution is 7.76. The van der Waals surface area contributed by atoms with Crippen LogP contribution >= 0.6 is 0 Å². The molecule has 1 N–H and O–H groups in total. The quantitative estimate of drug-likeness (QED) is 0.361. The predicted molar refractivity (Wildman–Crippen MR) is 77.4 cm³/mol. The molecule has 4 nitrogen and oxygen atoms in total. The summed E-state index contributed by atoms with van der Waals surface area (Å²) in [6, 6.07) is 14.3. The molecule has 0 bridgehead atoms. The summed E-state index contributed by atoms with van der Waals surface area (Å²) < 4.78 is 0. The van der Waals surface area contributed by atoms with E-state index in [1.807, 2.05) is 30.3 Å². The molecule has 0 amide bonds. The summed E-state index contributed by atoms with van der Waals surface area (Å²) in [5.41, 5.74) is 1.85. The van der Waals surface area contributed by atoms with E-state index in [-0.39, 0.29) is 23.8 Å². The molecule has 2 rings (SSSR count). The predicted octanol–water partition coefficient (Wildman–Crippen LogP) is -0.181. The second-order valence-corrected chi connectivity index (χ2v) is 5.18. The number of hydrogen-bond donors (Lipinski definition) is 1. The lowest BCUT2D eigenvalue weighted by Crippen LogP contribution is -3.00. The first kappa shape index (κ1) is 16.3. The molecule has 20 heavy (non-hydrogen) atoms. The summed E-state index contributed by atoms with van der Waals surface area (Å²) >= 11 is 1.10. The third kappa shape index (κ3) is 4.43. The number of hydrogen-bond acceptors (Lipinski definition) is 3. The Morgan fingerprint density at radius 3 is 2.45 bits per heavy atom. The molecule has 0 aliphatic heterocycles. The maximum Gasteiger partial charge on any atom is 0.281 e. The largest absolute Gasteiger partial charge is 1.00 e. The lowest BCUT2D eigenvalue weighted by atomic mass is 10.2. The standard InChI is InChI=1S/C14H13NO3S.ClH/c16-13-7-6-12(14(8-13)15(17)18)10-19-9-11-4-2-1-3-5-11;/h1-8,16H,9-10H2;1H. The SMILES string of the molecule is O=[N+]([O-])c1cc(O)ccc1C[SH+]Cc1ccccc1.[Cl-]. The van der Waals surface area contributed by atoms with Crippen molar-refractivity contribution < 1.29 is 22.4 Å². The fourth-order valence-corrected chi connectivity index (χ4v) is 2.83. The van der Waals surface area contributed by atoms with Gasteiger partial charge in [-0.2, -0.15) is 0 Å². The third-order valence-electron chi connectivity index (χ3n) is 2.68. The fourth-order valence-electron chi connectivity index (χ4n) is 1.74. The van der Waals surface area contributed by atoms with Crippen LogP contribution in [-0.2, 0) is 23.3 Å². The van der Waals surface area contributed by atoms with Gasteiger partial charge in [-0.1, -0.05) is 30.3 Å². The Morgan fingerprint density at radius 2 is 1.80 bits per heavy atom. The van der Waals surface area contributed by atoms with Crippen molar-refractivity contribution in [3.05, 3.63) is 69.8 Å². The number of rotatable bonds is 5. The number of benzene rings is 2. The van der Waals surface area contributed by atoms with Crippen LogP contribution in [0.4, 0.5) is 5.69 Å². The van der Waals surface area contributed by atoms with E-state index in [1.54, 1.807) is 6.07 Å². The summed E-state index contributed by atoms with van der Waals surface area (Å²) in [4.78, 5) is 10.4. The fraction of sp³-hybridized carbons (Fsp3) is 0.143. The number of phenolic OH excluding ortho intramolecular Hbond substituents is 1. The van der Waals surface area contributed by atoms with Crippen molar-refractivity contribution in [1.82, 2.24) is 0 Å². The Bertz CT molecular complexity index is 578. The molecule has 0 saturated heterocycles. The van der Waals surface area contributed by atoms with E-state index in [0.29, 0.717) is 11.3 Å². The van der Waals surface area contributed by atoms with Gasteiger partial charge in [0.1, 0.15) is 17.3 Å². The van der Waals surface area contributed by atoms with Crippen LogP contribution < -0.4 is 12.4 Å². The zero-order valence-corrected chi connectivity index (χ0v) is 12.2. The molecule has 0 atom stereocenters. The van der Waals surface area contributed by atoms with Gasteiger partial charge >= 0.3 is 0 Å². The highest BCUT2D eigenvalue weighted by atomic mass is 35.5. The van der Waals surface area contributed by atoms with Crippen LogP contribution in [-0.4, -0.2) is 10.0 Å². The van der Waals surface area contributed by atoms with Crippen molar-refractivity contribution >= 4 is 17.4 Å². The molecule has 0 aliphatic carbocycles. The van der Waals surface area contributed by atoms with Crippen LogP contribution in [0.1, 0.15) is 11.1 Å². The topological polar surface area (TPSA) is 63.4 Å². The maximum atomic E-state index is 10.9. The lowest BCUT2D eigenvalue weighted by Gasteiger charge is -2.00.